The molecule has 0 bridgehead atoms. The van der Waals surface area contributed by atoms with E-state index in [2.05, 4.69) is 9.97 Å². The number of nitrogens with zero attached hydrogens (tertiary/aromatic N) is 3. The van der Waals surface area contributed by atoms with Gasteiger partial charge in [0, 0.05) is 11.8 Å². The number of pyridine rings is 1. The van der Waals surface area contributed by atoms with Crippen molar-refractivity contribution in [2.24, 2.45) is 5.92 Å². The zero-order valence-corrected chi connectivity index (χ0v) is 14.7. The van der Waals surface area contributed by atoms with Gasteiger partial charge in [0.25, 0.3) is 6.01 Å². The molecule has 1 aromatic carbocycles. The molecule has 2 aromatic heterocycles. The van der Waals surface area contributed by atoms with Gasteiger partial charge in [-0.25, -0.2) is 9.37 Å². The first-order valence-corrected chi connectivity index (χ1v) is 8.42. The van der Waals surface area contributed by atoms with E-state index in [1.54, 1.807) is 16.7 Å². The number of aromatic nitrogens is 3. The number of aliphatic hydroxyl groups is 1. The van der Waals surface area contributed by atoms with Crippen molar-refractivity contribution in [3.8, 4) is 17.1 Å². The van der Waals surface area contributed by atoms with Crippen molar-refractivity contribution in [3.63, 3.8) is 0 Å². The van der Waals surface area contributed by atoms with Gasteiger partial charge in [-0.15, -0.1) is 0 Å². The van der Waals surface area contributed by atoms with Crippen LogP contribution >= 0.6 is 11.6 Å². The SMILES string of the molecule is CC(C)C[C@@H](CO)n1c(O)nc2ncc(Cl)c(-c3ccc(F)cc3)c21. The first kappa shape index (κ1) is 17.6. The molecule has 5 nitrogen and oxygen atoms in total. The third-order valence-corrected chi connectivity index (χ3v) is 4.39. The average Bonchev–Trinajstić information content (AvgIpc) is 2.90. The Balaban J connectivity index is 2.29. The minimum atomic E-state index is -0.371. The summed E-state index contributed by atoms with van der Waals surface area (Å²) >= 11 is 6.37. The molecule has 3 rings (SSSR count). The smallest absolute Gasteiger partial charge is 0.296 e. The van der Waals surface area contributed by atoms with E-state index in [1.165, 1.54) is 18.3 Å². The van der Waals surface area contributed by atoms with Gasteiger partial charge in [-0.05, 0) is 30.0 Å². The molecule has 3 aromatic rings. The van der Waals surface area contributed by atoms with Crippen molar-refractivity contribution in [3.05, 3.63) is 41.3 Å². The van der Waals surface area contributed by atoms with Crippen molar-refractivity contribution in [2.45, 2.75) is 26.3 Å². The van der Waals surface area contributed by atoms with Gasteiger partial charge in [-0.1, -0.05) is 37.6 Å². The highest BCUT2D eigenvalue weighted by molar-refractivity contribution is 6.34. The molecule has 132 valence electrons. The number of rotatable bonds is 5. The Hall–Kier alpha value is -2.18. The third kappa shape index (κ3) is 3.32. The Kier molecular flexibility index (Phi) is 4.92. The fourth-order valence-corrected chi connectivity index (χ4v) is 3.32. The summed E-state index contributed by atoms with van der Waals surface area (Å²) < 4.78 is 14.9. The maximum atomic E-state index is 13.3. The summed E-state index contributed by atoms with van der Waals surface area (Å²) in [7, 11) is 0. The molecule has 0 saturated heterocycles. The Morgan fingerprint density at radius 3 is 2.52 bits per heavy atom. The minimum absolute atomic E-state index is 0.160. The molecule has 0 unspecified atom stereocenters. The summed E-state index contributed by atoms with van der Waals surface area (Å²) in [5.74, 6) is -0.0509. The Bertz CT molecular complexity index is 893. The fourth-order valence-electron chi connectivity index (χ4n) is 3.07. The molecule has 0 spiro atoms. The van der Waals surface area contributed by atoms with E-state index in [0.29, 0.717) is 39.7 Å². The molecule has 0 saturated carbocycles. The summed E-state index contributed by atoms with van der Waals surface area (Å²) in [6.07, 6.45) is 2.10. The van der Waals surface area contributed by atoms with E-state index in [9.17, 15) is 14.6 Å². The first-order valence-electron chi connectivity index (χ1n) is 8.04. The number of benzene rings is 1. The topological polar surface area (TPSA) is 71.2 Å². The van der Waals surface area contributed by atoms with Crippen molar-refractivity contribution in [2.75, 3.05) is 6.61 Å². The lowest BCUT2D eigenvalue weighted by Crippen LogP contribution is -2.15. The number of hydrogen-bond donors (Lipinski definition) is 2. The maximum Gasteiger partial charge on any atom is 0.296 e. The summed E-state index contributed by atoms with van der Waals surface area (Å²) in [4.78, 5) is 8.28. The van der Waals surface area contributed by atoms with Crippen molar-refractivity contribution in [1.29, 1.82) is 0 Å². The number of imidazole rings is 1. The lowest BCUT2D eigenvalue weighted by molar-refractivity contribution is 0.201. The normalized spacial score (nSPS) is 12.9. The van der Waals surface area contributed by atoms with E-state index in [4.69, 9.17) is 11.6 Å². The van der Waals surface area contributed by atoms with Crippen LogP contribution in [-0.2, 0) is 0 Å². The van der Waals surface area contributed by atoms with E-state index in [1.807, 2.05) is 13.8 Å². The fraction of sp³-hybridized carbons (Fsp3) is 0.333. The van der Waals surface area contributed by atoms with E-state index in [-0.39, 0.29) is 24.5 Å². The van der Waals surface area contributed by atoms with Crippen LogP contribution in [0.1, 0.15) is 26.3 Å². The molecule has 7 heteroatoms. The van der Waals surface area contributed by atoms with Crippen LogP contribution in [0.15, 0.2) is 30.5 Å². The summed E-state index contributed by atoms with van der Waals surface area (Å²) in [5.41, 5.74) is 2.13. The minimum Gasteiger partial charge on any atom is -0.480 e. The zero-order chi connectivity index (χ0) is 18.1. The van der Waals surface area contributed by atoms with Gasteiger partial charge in [-0.3, -0.25) is 4.57 Å². The molecular formula is C18H19ClFN3O2. The predicted octanol–water partition coefficient (Wildman–Crippen LogP) is 4.18. The first-order chi connectivity index (χ1) is 11.9. The lowest BCUT2D eigenvalue weighted by atomic mass is 10.0. The Morgan fingerprint density at radius 1 is 1.24 bits per heavy atom. The molecule has 0 fully saturated rings. The second kappa shape index (κ2) is 6.98. The highest BCUT2D eigenvalue weighted by Crippen LogP contribution is 2.38. The summed E-state index contributed by atoms with van der Waals surface area (Å²) in [5, 5.41) is 20.6. The predicted molar refractivity (Wildman–Crippen MR) is 95.2 cm³/mol. The standard InChI is InChI=1S/C18H19ClFN3O2/c1-10(2)7-13(9-24)23-16-15(11-3-5-12(20)6-4-11)14(19)8-21-17(16)22-18(23)25/h3-6,8,10,13,24H,7,9H2,1-2H3,(H,21,22,25)/t13-/m0/s1. The van der Waals surface area contributed by atoms with Gasteiger partial charge < -0.3 is 10.2 Å². The zero-order valence-electron chi connectivity index (χ0n) is 13.9. The average molecular weight is 364 g/mol. The molecule has 0 aliphatic carbocycles. The van der Waals surface area contributed by atoms with Crippen LogP contribution in [-0.4, -0.2) is 31.4 Å². The van der Waals surface area contributed by atoms with Crippen LogP contribution in [0, 0.1) is 11.7 Å². The number of aliphatic hydroxyl groups excluding tert-OH is 1. The lowest BCUT2D eigenvalue weighted by Gasteiger charge is -2.21. The van der Waals surface area contributed by atoms with Crippen LogP contribution in [0.2, 0.25) is 5.02 Å². The van der Waals surface area contributed by atoms with Crippen LogP contribution < -0.4 is 0 Å². The molecule has 0 radical (unpaired) electrons. The van der Waals surface area contributed by atoms with Crippen LogP contribution in [0.4, 0.5) is 4.39 Å². The number of hydrogen-bond acceptors (Lipinski definition) is 4. The Morgan fingerprint density at radius 2 is 1.92 bits per heavy atom. The third-order valence-electron chi connectivity index (χ3n) is 4.10. The molecule has 2 N–H and O–H groups in total. The maximum absolute atomic E-state index is 13.3. The molecule has 0 aliphatic heterocycles. The van der Waals surface area contributed by atoms with Crippen molar-refractivity contribution in [1.82, 2.24) is 14.5 Å². The van der Waals surface area contributed by atoms with Crippen molar-refractivity contribution >= 4 is 22.8 Å². The van der Waals surface area contributed by atoms with Gasteiger partial charge in [0.1, 0.15) is 11.3 Å². The van der Waals surface area contributed by atoms with E-state index < -0.39 is 0 Å². The second-order valence-corrected chi connectivity index (χ2v) is 6.82. The molecule has 25 heavy (non-hydrogen) atoms. The van der Waals surface area contributed by atoms with E-state index >= 15 is 0 Å². The highest BCUT2D eigenvalue weighted by atomic mass is 35.5. The van der Waals surface area contributed by atoms with Gasteiger partial charge in [0.2, 0.25) is 0 Å². The molecule has 2 heterocycles. The second-order valence-electron chi connectivity index (χ2n) is 6.41. The molecular weight excluding hydrogens is 345 g/mol. The van der Waals surface area contributed by atoms with Crippen LogP contribution in [0.5, 0.6) is 6.01 Å². The van der Waals surface area contributed by atoms with E-state index in [0.717, 1.165) is 0 Å². The van der Waals surface area contributed by atoms with Gasteiger partial charge in [-0.2, -0.15) is 4.98 Å². The van der Waals surface area contributed by atoms with Crippen molar-refractivity contribution < 1.29 is 14.6 Å². The quantitative estimate of drug-likeness (QED) is 0.713. The monoisotopic (exact) mass is 363 g/mol. The highest BCUT2D eigenvalue weighted by Gasteiger charge is 2.24. The van der Waals surface area contributed by atoms with Gasteiger partial charge in [0.05, 0.1) is 17.7 Å². The molecule has 1 atom stereocenters. The summed E-state index contributed by atoms with van der Waals surface area (Å²) in [6.45, 7) is 3.91. The van der Waals surface area contributed by atoms with Gasteiger partial charge in [0.15, 0.2) is 5.65 Å². The number of halogens is 2. The summed E-state index contributed by atoms with van der Waals surface area (Å²) in [6, 6.07) is 5.31. The number of aromatic hydroxyl groups is 1. The van der Waals surface area contributed by atoms with Gasteiger partial charge >= 0.3 is 0 Å². The number of fused-ring (bicyclic) bond motifs is 1. The molecule has 0 amide bonds. The largest absolute Gasteiger partial charge is 0.480 e. The Labute approximate surface area is 149 Å². The molecule has 0 aliphatic rings. The van der Waals surface area contributed by atoms with Crippen LogP contribution in [0.25, 0.3) is 22.3 Å². The van der Waals surface area contributed by atoms with Crippen LogP contribution in [0.3, 0.4) is 0 Å².